The molecule has 0 saturated heterocycles. The summed E-state index contributed by atoms with van der Waals surface area (Å²) < 4.78 is 0. The average molecular weight is 246 g/mol. The van der Waals surface area contributed by atoms with E-state index in [1.165, 1.54) is 16.8 Å². The second-order valence-corrected chi connectivity index (χ2v) is 4.41. The molecule has 0 unspecified atom stereocenters. The molecule has 0 aromatic heterocycles. The van der Waals surface area contributed by atoms with Crippen molar-refractivity contribution in [3.8, 4) is 0 Å². The lowest BCUT2D eigenvalue weighted by molar-refractivity contribution is 0.869. The van der Waals surface area contributed by atoms with E-state index in [1.807, 2.05) is 0 Å². The van der Waals surface area contributed by atoms with Crippen LogP contribution in [0.4, 0.5) is 5.69 Å². The molecule has 0 spiro atoms. The van der Waals surface area contributed by atoms with E-state index in [9.17, 15) is 0 Å². The van der Waals surface area contributed by atoms with E-state index in [0.717, 1.165) is 13.1 Å². The number of alkyl halides is 2. The van der Waals surface area contributed by atoms with Crippen LogP contribution in [0.3, 0.4) is 0 Å². The topological polar surface area (TPSA) is 3.24 Å². The molecule has 0 saturated carbocycles. The van der Waals surface area contributed by atoms with Gasteiger partial charge in [-0.1, -0.05) is 17.7 Å². The fourth-order valence-electron chi connectivity index (χ4n) is 1.72. The Bertz CT molecular complexity index is 306. The van der Waals surface area contributed by atoms with Crippen LogP contribution in [0.2, 0.25) is 0 Å². The van der Waals surface area contributed by atoms with Crippen molar-refractivity contribution in [2.45, 2.75) is 13.8 Å². The van der Waals surface area contributed by atoms with Gasteiger partial charge in [-0.15, -0.1) is 23.2 Å². The minimum Gasteiger partial charge on any atom is -0.369 e. The number of aryl methyl sites for hydroxylation is 2. The highest BCUT2D eigenvalue weighted by atomic mass is 35.5. The van der Waals surface area contributed by atoms with Crippen LogP contribution < -0.4 is 4.90 Å². The number of rotatable bonds is 5. The summed E-state index contributed by atoms with van der Waals surface area (Å²) in [5.74, 6) is 1.26. The number of anilines is 1. The highest BCUT2D eigenvalue weighted by molar-refractivity contribution is 6.18. The van der Waals surface area contributed by atoms with Crippen LogP contribution in [0, 0.1) is 13.8 Å². The first-order chi connectivity index (χ1) is 7.19. The monoisotopic (exact) mass is 245 g/mol. The predicted molar refractivity (Wildman–Crippen MR) is 69.6 cm³/mol. The number of benzene rings is 1. The normalized spacial score (nSPS) is 10.4. The minimum atomic E-state index is 0.629. The summed E-state index contributed by atoms with van der Waals surface area (Å²) in [7, 11) is 0. The summed E-state index contributed by atoms with van der Waals surface area (Å²) in [6.45, 7) is 5.92. The molecule has 0 heterocycles. The van der Waals surface area contributed by atoms with Crippen LogP contribution >= 0.6 is 23.2 Å². The average Bonchev–Trinajstić information content (AvgIpc) is 2.17. The highest BCUT2D eigenvalue weighted by Crippen LogP contribution is 2.21. The van der Waals surface area contributed by atoms with Crippen molar-refractivity contribution in [2.24, 2.45) is 0 Å². The van der Waals surface area contributed by atoms with Crippen molar-refractivity contribution >= 4 is 28.9 Å². The summed E-state index contributed by atoms with van der Waals surface area (Å²) in [4.78, 5) is 2.23. The molecule has 0 bridgehead atoms. The van der Waals surface area contributed by atoms with Crippen LogP contribution in [0.15, 0.2) is 18.2 Å². The molecule has 0 radical (unpaired) electrons. The SMILES string of the molecule is Cc1ccc(N(CCCl)CCCl)c(C)c1. The maximum atomic E-state index is 5.78. The van der Waals surface area contributed by atoms with Crippen LogP contribution in [-0.4, -0.2) is 24.8 Å². The van der Waals surface area contributed by atoms with E-state index in [0.29, 0.717) is 11.8 Å². The zero-order valence-electron chi connectivity index (χ0n) is 9.26. The molecular weight excluding hydrogens is 229 g/mol. The van der Waals surface area contributed by atoms with Crippen LogP contribution in [0.1, 0.15) is 11.1 Å². The van der Waals surface area contributed by atoms with E-state index in [4.69, 9.17) is 23.2 Å². The van der Waals surface area contributed by atoms with Gasteiger partial charge in [-0.2, -0.15) is 0 Å². The standard InChI is InChI=1S/C12H17Cl2N/c1-10-3-4-12(11(2)9-10)15(7-5-13)8-6-14/h3-4,9H,5-8H2,1-2H3. The fourth-order valence-corrected chi connectivity index (χ4v) is 2.13. The van der Waals surface area contributed by atoms with Gasteiger partial charge in [0.2, 0.25) is 0 Å². The molecule has 0 amide bonds. The predicted octanol–water partition coefficient (Wildman–Crippen LogP) is 3.59. The third-order valence-corrected chi connectivity index (χ3v) is 2.74. The largest absolute Gasteiger partial charge is 0.369 e. The van der Waals surface area contributed by atoms with Crippen LogP contribution in [0.25, 0.3) is 0 Å². The lowest BCUT2D eigenvalue weighted by Crippen LogP contribution is -2.28. The number of nitrogens with zero attached hydrogens (tertiary/aromatic N) is 1. The van der Waals surface area contributed by atoms with Gasteiger partial charge in [0, 0.05) is 30.5 Å². The number of halogens is 2. The lowest BCUT2D eigenvalue weighted by Gasteiger charge is -2.24. The molecule has 0 aliphatic rings. The van der Waals surface area contributed by atoms with E-state index >= 15 is 0 Å². The molecule has 0 atom stereocenters. The van der Waals surface area contributed by atoms with E-state index in [1.54, 1.807) is 0 Å². The maximum absolute atomic E-state index is 5.78. The van der Waals surface area contributed by atoms with Crippen LogP contribution in [-0.2, 0) is 0 Å². The Balaban J connectivity index is 2.89. The van der Waals surface area contributed by atoms with Crippen molar-refractivity contribution < 1.29 is 0 Å². The van der Waals surface area contributed by atoms with Crippen molar-refractivity contribution in [1.29, 1.82) is 0 Å². The van der Waals surface area contributed by atoms with Gasteiger partial charge in [-0.3, -0.25) is 0 Å². The molecule has 1 rings (SSSR count). The molecule has 15 heavy (non-hydrogen) atoms. The number of hydrogen-bond acceptors (Lipinski definition) is 1. The maximum Gasteiger partial charge on any atom is 0.0399 e. The van der Waals surface area contributed by atoms with Gasteiger partial charge in [-0.05, 0) is 25.5 Å². The molecule has 1 aromatic rings. The summed E-state index contributed by atoms with van der Waals surface area (Å²) in [6, 6.07) is 6.45. The summed E-state index contributed by atoms with van der Waals surface area (Å²) >= 11 is 11.6. The first-order valence-corrected chi connectivity index (χ1v) is 6.20. The van der Waals surface area contributed by atoms with E-state index in [-0.39, 0.29) is 0 Å². The third-order valence-electron chi connectivity index (χ3n) is 2.40. The Labute approximate surface area is 102 Å². The third kappa shape index (κ3) is 3.58. The smallest absolute Gasteiger partial charge is 0.0399 e. The molecule has 1 nitrogen and oxygen atoms in total. The Morgan fingerprint density at radius 3 is 2.13 bits per heavy atom. The molecule has 3 heteroatoms. The zero-order chi connectivity index (χ0) is 11.3. The second-order valence-electron chi connectivity index (χ2n) is 3.65. The first-order valence-electron chi connectivity index (χ1n) is 5.13. The van der Waals surface area contributed by atoms with Gasteiger partial charge < -0.3 is 4.90 Å². The van der Waals surface area contributed by atoms with Crippen molar-refractivity contribution in [1.82, 2.24) is 0 Å². The fraction of sp³-hybridized carbons (Fsp3) is 0.500. The Morgan fingerprint density at radius 2 is 1.67 bits per heavy atom. The van der Waals surface area contributed by atoms with E-state index in [2.05, 4.69) is 36.9 Å². The molecule has 84 valence electrons. The Morgan fingerprint density at radius 1 is 1.07 bits per heavy atom. The van der Waals surface area contributed by atoms with E-state index < -0.39 is 0 Å². The molecule has 0 aliphatic carbocycles. The second kappa shape index (κ2) is 6.24. The quantitative estimate of drug-likeness (QED) is 0.717. The minimum absolute atomic E-state index is 0.629. The number of hydrogen-bond donors (Lipinski definition) is 0. The zero-order valence-corrected chi connectivity index (χ0v) is 10.8. The Kier molecular flexibility index (Phi) is 5.27. The molecule has 1 aromatic carbocycles. The van der Waals surface area contributed by atoms with Gasteiger partial charge in [-0.25, -0.2) is 0 Å². The van der Waals surface area contributed by atoms with Gasteiger partial charge in [0.25, 0.3) is 0 Å². The Hall–Kier alpha value is -0.400. The summed E-state index contributed by atoms with van der Waals surface area (Å²) in [5, 5.41) is 0. The lowest BCUT2D eigenvalue weighted by atomic mass is 10.1. The highest BCUT2D eigenvalue weighted by Gasteiger charge is 2.07. The van der Waals surface area contributed by atoms with Gasteiger partial charge in [0.05, 0.1) is 0 Å². The molecular formula is C12H17Cl2N. The van der Waals surface area contributed by atoms with Gasteiger partial charge in [0.1, 0.15) is 0 Å². The van der Waals surface area contributed by atoms with Gasteiger partial charge in [0.15, 0.2) is 0 Å². The van der Waals surface area contributed by atoms with Crippen molar-refractivity contribution in [3.63, 3.8) is 0 Å². The van der Waals surface area contributed by atoms with Crippen molar-refractivity contribution in [2.75, 3.05) is 29.7 Å². The summed E-state index contributed by atoms with van der Waals surface area (Å²) in [6.07, 6.45) is 0. The molecule has 0 fully saturated rings. The summed E-state index contributed by atoms with van der Waals surface area (Å²) in [5.41, 5.74) is 3.81. The molecule has 0 N–H and O–H groups in total. The first kappa shape index (κ1) is 12.7. The van der Waals surface area contributed by atoms with Crippen LogP contribution in [0.5, 0.6) is 0 Å². The van der Waals surface area contributed by atoms with Crippen molar-refractivity contribution in [3.05, 3.63) is 29.3 Å². The molecule has 0 aliphatic heterocycles. The van der Waals surface area contributed by atoms with Gasteiger partial charge >= 0.3 is 0 Å².